The van der Waals surface area contributed by atoms with Gasteiger partial charge in [-0.2, -0.15) is 0 Å². The minimum atomic E-state index is 0.447. The van der Waals surface area contributed by atoms with Crippen LogP contribution in [0.4, 0.5) is 5.69 Å². The summed E-state index contributed by atoms with van der Waals surface area (Å²) in [6, 6.07) is 6.17. The summed E-state index contributed by atoms with van der Waals surface area (Å²) >= 11 is 5.09. The van der Waals surface area contributed by atoms with E-state index in [0.717, 1.165) is 30.8 Å². The molecule has 0 heterocycles. The molecule has 0 bridgehead atoms. The predicted octanol–water partition coefficient (Wildman–Crippen LogP) is 2.10. The zero-order valence-corrected chi connectivity index (χ0v) is 11.5. The lowest BCUT2D eigenvalue weighted by Gasteiger charge is -2.22. The number of benzene rings is 1. The molecule has 0 saturated carbocycles. The number of thiocarbonyl (C=S) groups is 1. The molecule has 0 fully saturated rings. The Morgan fingerprint density at radius 2 is 2.18 bits per heavy atom. The van der Waals surface area contributed by atoms with Crippen molar-refractivity contribution in [2.75, 3.05) is 32.2 Å². The summed E-state index contributed by atoms with van der Waals surface area (Å²) < 4.78 is 5.05. The average Bonchev–Trinajstić information content (AvgIpc) is 2.29. The highest BCUT2D eigenvalue weighted by atomic mass is 32.1. The number of hydrogen-bond donors (Lipinski definition) is 1. The average molecular weight is 252 g/mol. The standard InChI is InChI=1S/C13H20N2OS/c1-10-5-6-12(11(9-10)13(14)17)15(2)7-4-8-16-3/h5-6,9H,4,7-8H2,1-3H3,(H2,14,17). The second kappa shape index (κ2) is 6.57. The fourth-order valence-electron chi connectivity index (χ4n) is 1.75. The molecule has 0 atom stereocenters. The van der Waals surface area contributed by atoms with Gasteiger partial charge in [0.1, 0.15) is 4.99 Å². The van der Waals surface area contributed by atoms with Gasteiger partial charge in [0, 0.05) is 38.6 Å². The largest absolute Gasteiger partial charge is 0.389 e. The minimum absolute atomic E-state index is 0.447. The lowest BCUT2D eigenvalue weighted by atomic mass is 10.1. The van der Waals surface area contributed by atoms with Crippen LogP contribution in [0.25, 0.3) is 0 Å². The van der Waals surface area contributed by atoms with E-state index in [1.165, 1.54) is 5.56 Å². The van der Waals surface area contributed by atoms with Crippen molar-refractivity contribution in [2.24, 2.45) is 5.73 Å². The van der Waals surface area contributed by atoms with E-state index in [4.69, 9.17) is 22.7 Å². The zero-order chi connectivity index (χ0) is 12.8. The summed E-state index contributed by atoms with van der Waals surface area (Å²) in [5.74, 6) is 0. The van der Waals surface area contributed by atoms with Crippen molar-refractivity contribution in [2.45, 2.75) is 13.3 Å². The van der Waals surface area contributed by atoms with Crippen LogP contribution in [0.1, 0.15) is 17.5 Å². The molecule has 0 saturated heterocycles. The van der Waals surface area contributed by atoms with Crippen molar-refractivity contribution in [1.82, 2.24) is 0 Å². The van der Waals surface area contributed by atoms with Crippen LogP contribution in [0, 0.1) is 6.92 Å². The predicted molar refractivity (Wildman–Crippen MR) is 76.8 cm³/mol. The number of nitrogens with zero attached hydrogens (tertiary/aromatic N) is 1. The molecule has 0 aromatic heterocycles. The highest BCUT2D eigenvalue weighted by molar-refractivity contribution is 7.80. The summed E-state index contributed by atoms with van der Waals surface area (Å²) in [6.07, 6.45) is 0.984. The number of anilines is 1. The number of methoxy groups -OCH3 is 1. The number of nitrogens with two attached hydrogens (primary N) is 1. The molecule has 0 aliphatic carbocycles. The second-order valence-electron chi connectivity index (χ2n) is 4.15. The van der Waals surface area contributed by atoms with E-state index in [0.29, 0.717) is 4.99 Å². The molecule has 1 aromatic carbocycles. The molecule has 0 amide bonds. The maximum atomic E-state index is 5.76. The quantitative estimate of drug-likeness (QED) is 0.621. The Hall–Kier alpha value is -1.13. The molecule has 3 nitrogen and oxygen atoms in total. The van der Waals surface area contributed by atoms with E-state index >= 15 is 0 Å². The molecule has 0 aliphatic rings. The zero-order valence-electron chi connectivity index (χ0n) is 10.7. The van der Waals surface area contributed by atoms with Gasteiger partial charge in [-0.15, -0.1) is 0 Å². The lowest BCUT2D eigenvalue weighted by molar-refractivity contribution is 0.196. The van der Waals surface area contributed by atoms with Crippen molar-refractivity contribution < 1.29 is 4.74 Å². The second-order valence-corrected chi connectivity index (χ2v) is 4.59. The van der Waals surface area contributed by atoms with Gasteiger partial charge in [0.05, 0.1) is 0 Å². The molecule has 1 aromatic rings. The molecule has 0 radical (unpaired) electrons. The van der Waals surface area contributed by atoms with Crippen molar-refractivity contribution in [3.63, 3.8) is 0 Å². The highest BCUT2D eigenvalue weighted by Crippen LogP contribution is 2.21. The normalized spacial score (nSPS) is 10.3. The fourth-order valence-corrected chi connectivity index (χ4v) is 1.91. The van der Waals surface area contributed by atoms with Gasteiger partial charge >= 0.3 is 0 Å². The number of aryl methyl sites for hydroxylation is 1. The summed E-state index contributed by atoms with van der Waals surface area (Å²) in [7, 11) is 3.76. The van der Waals surface area contributed by atoms with E-state index in [9.17, 15) is 0 Å². The van der Waals surface area contributed by atoms with Crippen LogP contribution in [0.5, 0.6) is 0 Å². The number of ether oxygens (including phenoxy) is 1. The summed E-state index contributed by atoms with van der Waals surface area (Å²) in [5, 5.41) is 0. The third kappa shape index (κ3) is 3.98. The SMILES string of the molecule is COCCCN(C)c1ccc(C)cc1C(N)=S. The molecule has 17 heavy (non-hydrogen) atoms. The van der Waals surface area contributed by atoms with Crippen LogP contribution in [0.2, 0.25) is 0 Å². The Balaban J connectivity index is 2.84. The van der Waals surface area contributed by atoms with E-state index in [1.54, 1.807) is 7.11 Å². The van der Waals surface area contributed by atoms with Gasteiger partial charge in [0.2, 0.25) is 0 Å². The van der Waals surface area contributed by atoms with Gasteiger partial charge < -0.3 is 15.4 Å². The Bertz CT molecular complexity index is 393. The van der Waals surface area contributed by atoms with Crippen LogP contribution >= 0.6 is 12.2 Å². The smallest absolute Gasteiger partial charge is 0.106 e. The van der Waals surface area contributed by atoms with Gasteiger partial charge in [0.15, 0.2) is 0 Å². The van der Waals surface area contributed by atoms with Gasteiger partial charge in [-0.3, -0.25) is 0 Å². The fraction of sp³-hybridized carbons (Fsp3) is 0.462. The first kappa shape index (κ1) is 13.9. The Morgan fingerprint density at radius 3 is 2.76 bits per heavy atom. The molecule has 2 N–H and O–H groups in total. The van der Waals surface area contributed by atoms with Crippen molar-refractivity contribution >= 4 is 22.9 Å². The molecule has 94 valence electrons. The monoisotopic (exact) mass is 252 g/mol. The maximum Gasteiger partial charge on any atom is 0.106 e. The van der Waals surface area contributed by atoms with Gasteiger partial charge in [-0.1, -0.05) is 23.8 Å². The molecule has 1 rings (SSSR count). The van der Waals surface area contributed by atoms with Crippen LogP contribution in [-0.4, -0.2) is 32.3 Å². The number of rotatable bonds is 6. The molecule has 0 unspecified atom stereocenters. The number of hydrogen-bond acceptors (Lipinski definition) is 3. The van der Waals surface area contributed by atoms with Gasteiger partial charge in [-0.25, -0.2) is 0 Å². The van der Waals surface area contributed by atoms with Crippen molar-refractivity contribution in [3.8, 4) is 0 Å². The van der Waals surface area contributed by atoms with Gasteiger partial charge in [0.25, 0.3) is 0 Å². The maximum absolute atomic E-state index is 5.76. The van der Waals surface area contributed by atoms with E-state index in [-0.39, 0.29) is 0 Å². The summed E-state index contributed by atoms with van der Waals surface area (Å²) in [4.78, 5) is 2.61. The van der Waals surface area contributed by atoms with Crippen molar-refractivity contribution in [1.29, 1.82) is 0 Å². The first-order valence-electron chi connectivity index (χ1n) is 5.66. The van der Waals surface area contributed by atoms with Gasteiger partial charge in [-0.05, 0) is 25.5 Å². The molecule has 0 spiro atoms. The summed E-state index contributed by atoms with van der Waals surface area (Å²) in [6.45, 7) is 3.72. The third-order valence-corrected chi connectivity index (χ3v) is 2.89. The van der Waals surface area contributed by atoms with Crippen LogP contribution in [0.3, 0.4) is 0 Å². The first-order valence-corrected chi connectivity index (χ1v) is 6.07. The van der Waals surface area contributed by atoms with Crippen molar-refractivity contribution in [3.05, 3.63) is 29.3 Å². The Morgan fingerprint density at radius 1 is 1.47 bits per heavy atom. The summed E-state index contributed by atoms with van der Waals surface area (Å²) in [5.41, 5.74) is 8.95. The Labute approximate surface area is 109 Å². The lowest BCUT2D eigenvalue weighted by Crippen LogP contribution is -2.23. The van der Waals surface area contributed by atoms with Crippen LogP contribution in [-0.2, 0) is 4.74 Å². The molecular weight excluding hydrogens is 232 g/mol. The molecule has 4 heteroatoms. The third-order valence-electron chi connectivity index (χ3n) is 2.67. The van der Waals surface area contributed by atoms with E-state index < -0.39 is 0 Å². The van der Waals surface area contributed by atoms with E-state index in [2.05, 4.69) is 17.0 Å². The van der Waals surface area contributed by atoms with Crippen LogP contribution in [0.15, 0.2) is 18.2 Å². The topological polar surface area (TPSA) is 38.5 Å². The molecular formula is C13H20N2OS. The first-order chi connectivity index (χ1) is 8.06. The minimum Gasteiger partial charge on any atom is -0.389 e. The Kier molecular flexibility index (Phi) is 5.38. The molecule has 0 aliphatic heterocycles. The highest BCUT2D eigenvalue weighted by Gasteiger charge is 2.09. The van der Waals surface area contributed by atoms with E-state index in [1.807, 2.05) is 20.0 Å². The van der Waals surface area contributed by atoms with Crippen LogP contribution < -0.4 is 10.6 Å².